The van der Waals surface area contributed by atoms with Crippen molar-refractivity contribution >= 4 is 17.6 Å². The molecule has 0 bridgehead atoms. The molecule has 0 unspecified atom stereocenters. The predicted octanol–water partition coefficient (Wildman–Crippen LogP) is 1.47. The molecule has 2 N–H and O–H groups in total. The molecule has 8 heteroatoms. The molecule has 0 atom stereocenters. The van der Waals surface area contributed by atoms with Gasteiger partial charge >= 0.3 is 0 Å². The second kappa shape index (κ2) is 7.20. The number of hydrogen-bond donors (Lipinski definition) is 2. The summed E-state index contributed by atoms with van der Waals surface area (Å²) in [4.78, 5) is 23.7. The highest BCUT2D eigenvalue weighted by Gasteiger charge is 2.25. The van der Waals surface area contributed by atoms with E-state index in [1.165, 1.54) is 23.0 Å². The topological polar surface area (TPSA) is 88.9 Å². The molecule has 3 rings (SSSR count). The lowest BCUT2D eigenvalue weighted by Gasteiger charge is -2.23. The quantitative estimate of drug-likeness (QED) is 0.839. The molecule has 0 radical (unpaired) electrons. The van der Waals surface area contributed by atoms with E-state index in [9.17, 15) is 14.0 Å². The molecular formula is C16H18FN5O2. The van der Waals surface area contributed by atoms with Crippen molar-refractivity contribution in [3.05, 3.63) is 41.8 Å². The van der Waals surface area contributed by atoms with Crippen LogP contribution < -0.4 is 10.6 Å². The Kier molecular flexibility index (Phi) is 4.83. The van der Waals surface area contributed by atoms with E-state index >= 15 is 0 Å². The number of nitrogens with zero attached hydrogens (tertiary/aromatic N) is 3. The summed E-state index contributed by atoms with van der Waals surface area (Å²) in [5.74, 6) is -0.202. The van der Waals surface area contributed by atoms with Gasteiger partial charge in [-0.15, -0.1) is 5.10 Å². The standard InChI is InChI=1S/C16H18FN5O2/c17-13-6-4-11(5-7-13)8-18-15(23)10-22-9-14(20-21-22)19-16(24)12-2-1-3-12/h4-7,9,12H,1-3,8,10H2,(H,18,23)(H,19,24). The lowest BCUT2D eigenvalue weighted by atomic mass is 9.85. The van der Waals surface area contributed by atoms with E-state index in [2.05, 4.69) is 20.9 Å². The van der Waals surface area contributed by atoms with Crippen molar-refractivity contribution in [1.82, 2.24) is 20.3 Å². The predicted molar refractivity (Wildman–Crippen MR) is 84.2 cm³/mol. The summed E-state index contributed by atoms with van der Waals surface area (Å²) in [6.07, 6.45) is 4.42. The van der Waals surface area contributed by atoms with Crippen LogP contribution in [0.15, 0.2) is 30.5 Å². The van der Waals surface area contributed by atoms with E-state index in [-0.39, 0.29) is 30.1 Å². The van der Waals surface area contributed by atoms with Crippen LogP contribution in [0.4, 0.5) is 10.2 Å². The largest absolute Gasteiger partial charge is 0.350 e. The number of halogens is 1. The van der Waals surface area contributed by atoms with Gasteiger partial charge in [-0.05, 0) is 30.5 Å². The van der Waals surface area contributed by atoms with E-state index in [0.717, 1.165) is 24.8 Å². The fraction of sp³-hybridized carbons (Fsp3) is 0.375. The van der Waals surface area contributed by atoms with Gasteiger partial charge in [-0.25, -0.2) is 9.07 Å². The molecule has 0 aliphatic heterocycles. The van der Waals surface area contributed by atoms with Gasteiger partial charge in [0.2, 0.25) is 11.8 Å². The minimum atomic E-state index is -0.316. The van der Waals surface area contributed by atoms with Gasteiger partial charge in [-0.3, -0.25) is 9.59 Å². The molecule has 1 aliphatic rings. The fourth-order valence-electron chi connectivity index (χ4n) is 2.34. The van der Waals surface area contributed by atoms with Crippen LogP contribution in [0.1, 0.15) is 24.8 Å². The summed E-state index contributed by atoms with van der Waals surface area (Å²) >= 11 is 0. The van der Waals surface area contributed by atoms with Gasteiger partial charge in [-0.2, -0.15) is 0 Å². The van der Waals surface area contributed by atoms with Crippen LogP contribution in [0.2, 0.25) is 0 Å². The molecule has 1 fully saturated rings. The number of aromatic nitrogens is 3. The monoisotopic (exact) mass is 331 g/mol. The maximum Gasteiger partial charge on any atom is 0.242 e. The van der Waals surface area contributed by atoms with Crippen LogP contribution in [0.5, 0.6) is 0 Å². The average molecular weight is 331 g/mol. The van der Waals surface area contributed by atoms with Crippen molar-refractivity contribution in [2.24, 2.45) is 5.92 Å². The molecule has 1 aromatic carbocycles. The van der Waals surface area contributed by atoms with Gasteiger partial charge in [0.05, 0.1) is 6.20 Å². The number of amides is 2. The third kappa shape index (κ3) is 4.15. The Labute approximate surface area is 138 Å². The van der Waals surface area contributed by atoms with Crippen LogP contribution in [0.3, 0.4) is 0 Å². The third-order valence-corrected chi connectivity index (χ3v) is 3.97. The summed E-state index contributed by atoms with van der Waals surface area (Å²) in [6.45, 7) is 0.298. The maximum absolute atomic E-state index is 12.8. The van der Waals surface area contributed by atoms with Crippen molar-refractivity contribution in [2.45, 2.75) is 32.4 Å². The Hall–Kier alpha value is -2.77. The van der Waals surface area contributed by atoms with Gasteiger partial charge in [-0.1, -0.05) is 23.8 Å². The van der Waals surface area contributed by atoms with E-state index in [1.807, 2.05) is 0 Å². The lowest BCUT2D eigenvalue weighted by Crippen LogP contribution is -2.28. The van der Waals surface area contributed by atoms with Crippen molar-refractivity contribution < 1.29 is 14.0 Å². The zero-order chi connectivity index (χ0) is 16.9. The molecule has 7 nitrogen and oxygen atoms in total. The first-order chi connectivity index (χ1) is 11.6. The van der Waals surface area contributed by atoms with Crippen molar-refractivity contribution in [2.75, 3.05) is 5.32 Å². The Morgan fingerprint density at radius 1 is 1.25 bits per heavy atom. The molecule has 1 heterocycles. The highest BCUT2D eigenvalue weighted by Crippen LogP contribution is 2.27. The summed E-state index contributed by atoms with van der Waals surface area (Å²) in [7, 11) is 0. The second-order valence-electron chi connectivity index (χ2n) is 5.82. The van der Waals surface area contributed by atoms with Crippen LogP contribution in [0.25, 0.3) is 0 Å². The Morgan fingerprint density at radius 2 is 2.00 bits per heavy atom. The molecule has 1 aliphatic carbocycles. The van der Waals surface area contributed by atoms with Gasteiger partial charge in [0.15, 0.2) is 5.82 Å². The number of benzene rings is 1. The average Bonchev–Trinajstić information content (AvgIpc) is 2.91. The van der Waals surface area contributed by atoms with E-state index in [4.69, 9.17) is 0 Å². The zero-order valence-electron chi connectivity index (χ0n) is 13.0. The summed E-state index contributed by atoms with van der Waals surface area (Å²) in [5.41, 5.74) is 0.803. The fourth-order valence-corrected chi connectivity index (χ4v) is 2.34. The van der Waals surface area contributed by atoms with Crippen molar-refractivity contribution in [1.29, 1.82) is 0 Å². The SMILES string of the molecule is O=C(Cn1cc(NC(=O)C2CCC2)nn1)NCc1ccc(F)cc1. The van der Waals surface area contributed by atoms with Crippen LogP contribution >= 0.6 is 0 Å². The smallest absolute Gasteiger partial charge is 0.242 e. The highest BCUT2D eigenvalue weighted by atomic mass is 19.1. The first kappa shape index (κ1) is 16.1. The number of rotatable bonds is 6. The molecule has 1 saturated carbocycles. The minimum absolute atomic E-state index is 0.00645. The Balaban J connectivity index is 1.46. The molecule has 24 heavy (non-hydrogen) atoms. The maximum atomic E-state index is 12.8. The van der Waals surface area contributed by atoms with Gasteiger partial charge in [0, 0.05) is 12.5 Å². The Morgan fingerprint density at radius 3 is 2.67 bits per heavy atom. The summed E-state index contributed by atoms with van der Waals surface area (Å²) in [6, 6.07) is 5.91. The van der Waals surface area contributed by atoms with Crippen LogP contribution in [-0.2, 0) is 22.7 Å². The summed E-state index contributed by atoms with van der Waals surface area (Å²) in [5, 5.41) is 13.1. The first-order valence-corrected chi connectivity index (χ1v) is 7.82. The Bertz CT molecular complexity index is 724. The molecule has 2 aromatic rings. The van der Waals surface area contributed by atoms with E-state index in [0.29, 0.717) is 12.4 Å². The van der Waals surface area contributed by atoms with Crippen LogP contribution in [0, 0.1) is 11.7 Å². The van der Waals surface area contributed by atoms with Gasteiger partial charge in [0.25, 0.3) is 0 Å². The number of nitrogens with one attached hydrogen (secondary N) is 2. The number of carbonyl (C=O) groups is 2. The number of hydrogen-bond acceptors (Lipinski definition) is 4. The zero-order valence-corrected chi connectivity index (χ0v) is 13.0. The normalized spacial score (nSPS) is 14.0. The van der Waals surface area contributed by atoms with E-state index in [1.54, 1.807) is 12.1 Å². The van der Waals surface area contributed by atoms with Gasteiger partial charge < -0.3 is 10.6 Å². The molecule has 0 spiro atoms. The summed E-state index contributed by atoms with van der Waals surface area (Å²) < 4.78 is 14.2. The molecular weight excluding hydrogens is 313 g/mol. The molecule has 1 aromatic heterocycles. The van der Waals surface area contributed by atoms with Gasteiger partial charge in [0.1, 0.15) is 12.4 Å². The minimum Gasteiger partial charge on any atom is -0.350 e. The van der Waals surface area contributed by atoms with Crippen molar-refractivity contribution in [3.63, 3.8) is 0 Å². The highest BCUT2D eigenvalue weighted by molar-refractivity contribution is 5.92. The molecule has 2 amide bonds. The number of carbonyl (C=O) groups excluding carboxylic acids is 2. The first-order valence-electron chi connectivity index (χ1n) is 7.82. The third-order valence-electron chi connectivity index (χ3n) is 3.97. The van der Waals surface area contributed by atoms with E-state index < -0.39 is 0 Å². The molecule has 126 valence electrons. The lowest BCUT2D eigenvalue weighted by molar-refractivity contribution is -0.122. The molecule has 0 saturated heterocycles. The van der Waals surface area contributed by atoms with Crippen LogP contribution in [-0.4, -0.2) is 26.8 Å². The van der Waals surface area contributed by atoms with Crippen molar-refractivity contribution in [3.8, 4) is 0 Å². The second-order valence-corrected chi connectivity index (χ2v) is 5.82. The number of anilines is 1.